The predicted molar refractivity (Wildman–Crippen MR) is 62.3 cm³/mol. The Morgan fingerprint density at radius 1 is 1.24 bits per heavy atom. The number of rotatable bonds is 6. The molecule has 0 atom stereocenters. The lowest BCUT2D eigenvalue weighted by atomic mass is 10.3. The van der Waals surface area contributed by atoms with Crippen molar-refractivity contribution in [2.45, 2.75) is 6.54 Å². The van der Waals surface area contributed by atoms with Gasteiger partial charge in [-0.2, -0.15) is 0 Å². The van der Waals surface area contributed by atoms with Crippen LogP contribution in [0.15, 0.2) is 47.3 Å². The van der Waals surface area contributed by atoms with Gasteiger partial charge >= 0.3 is 0 Å². The van der Waals surface area contributed by atoms with Crippen molar-refractivity contribution in [2.75, 3.05) is 13.2 Å². The van der Waals surface area contributed by atoms with Crippen molar-refractivity contribution in [1.82, 2.24) is 5.32 Å². The van der Waals surface area contributed by atoms with Gasteiger partial charge in [-0.3, -0.25) is 0 Å². The smallest absolute Gasteiger partial charge is 0.165 e. The SMILES string of the molecule is Fc1ccccc1OCCNCc1ccoc1. The van der Waals surface area contributed by atoms with Gasteiger partial charge in [0.1, 0.15) is 6.61 Å². The van der Waals surface area contributed by atoms with E-state index in [-0.39, 0.29) is 11.6 Å². The summed E-state index contributed by atoms with van der Waals surface area (Å²) in [4.78, 5) is 0. The van der Waals surface area contributed by atoms with Crippen molar-refractivity contribution in [1.29, 1.82) is 0 Å². The zero-order chi connectivity index (χ0) is 11.9. The van der Waals surface area contributed by atoms with Crippen LogP contribution in [-0.4, -0.2) is 13.2 Å². The molecular weight excluding hydrogens is 221 g/mol. The van der Waals surface area contributed by atoms with Crippen LogP contribution >= 0.6 is 0 Å². The van der Waals surface area contributed by atoms with Crippen molar-refractivity contribution < 1.29 is 13.5 Å². The molecule has 90 valence electrons. The summed E-state index contributed by atoms with van der Waals surface area (Å²) < 4.78 is 23.4. The molecule has 2 rings (SSSR count). The molecule has 17 heavy (non-hydrogen) atoms. The Morgan fingerprint density at radius 3 is 2.88 bits per heavy atom. The fourth-order valence-corrected chi connectivity index (χ4v) is 1.42. The third-order valence-electron chi connectivity index (χ3n) is 2.28. The molecule has 0 saturated carbocycles. The summed E-state index contributed by atoms with van der Waals surface area (Å²) in [6.07, 6.45) is 3.32. The number of halogens is 1. The number of hydrogen-bond donors (Lipinski definition) is 1. The van der Waals surface area contributed by atoms with E-state index in [2.05, 4.69) is 5.32 Å². The van der Waals surface area contributed by atoms with Gasteiger partial charge < -0.3 is 14.5 Å². The van der Waals surface area contributed by atoms with Crippen LogP contribution in [0, 0.1) is 5.82 Å². The van der Waals surface area contributed by atoms with Gasteiger partial charge in [0.25, 0.3) is 0 Å². The van der Waals surface area contributed by atoms with E-state index in [4.69, 9.17) is 9.15 Å². The van der Waals surface area contributed by atoms with Crippen LogP contribution in [0.2, 0.25) is 0 Å². The summed E-state index contributed by atoms with van der Waals surface area (Å²) in [6, 6.07) is 8.28. The summed E-state index contributed by atoms with van der Waals surface area (Å²) in [5.74, 6) is -0.0417. The number of nitrogens with one attached hydrogen (secondary N) is 1. The molecule has 0 spiro atoms. The van der Waals surface area contributed by atoms with Crippen LogP contribution in [-0.2, 0) is 6.54 Å². The molecule has 0 aliphatic heterocycles. The van der Waals surface area contributed by atoms with E-state index < -0.39 is 0 Å². The van der Waals surface area contributed by atoms with Gasteiger partial charge in [0.2, 0.25) is 0 Å². The second-order valence-electron chi connectivity index (χ2n) is 3.59. The van der Waals surface area contributed by atoms with Gasteiger partial charge in [-0.1, -0.05) is 12.1 Å². The van der Waals surface area contributed by atoms with Gasteiger partial charge in [-0.25, -0.2) is 4.39 Å². The molecule has 2 aromatic rings. The van der Waals surface area contributed by atoms with Crippen LogP contribution in [0.3, 0.4) is 0 Å². The van der Waals surface area contributed by atoms with Crippen molar-refractivity contribution in [2.24, 2.45) is 0 Å². The summed E-state index contributed by atoms with van der Waals surface area (Å²) in [6.45, 7) is 1.80. The second kappa shape index (κ2) is 6.06. The van der Waals surface area contributed by atoms with Crippen molar-refractivity contribution in [3.8, 4) is 5.75 Å². The van der Waals surface area contributed by atoms with Gasteiger partial charge in [-0.15, -0.1) is 0 Å². The number of hydrogen-bond acceptors (Lipinski definition) is 3. The molecule has 0 aliphatic carbocycles. The monoisotopic (exact) mass is 235 g/mol. The zero-order valence-corrected chi connectivity index (χ0v) is 9.36. The first-order valence-corrected chi connectivity index (χ1v) is 5.45. The summed E-state index contributed by atoms with van der Waals surface area (Å²) in [7, 11) is 0. The number of benzene rings is 1. The molecule has 0 aliphatic rings. The highest BCUT2D eigenvalue weighted by Crippen LogP contribution is 2.14. The molecule has 1 N–H and O–H groups in total. The van der Waals surface area contributed by atoms with Crippen LogP contribution in [0.4, 0.5) is 4.39 Å². The predicted octanol–water partition coefficient (Wildman–Crippen LogP) is 2.59. The number of ether oxygens (including phenoxy) is 1. The minimum absolute atomic E-state index is 0.289. The highest BCUT2D eigenvalue weighted by molar-refractivity contribution is 5.23. The van der Waals surface area contributed by atoms with E-state index in [0.29, 0.717) is 13.2 Å². The molecule has 0 radical (unpaired) electrons. The Morgan fingerprint density at radius 2 is 2.12 bits per heavy atom. The Labute approximate surface area is 99.2 Å². The summed E-state index contributed by atoms with van der Waals surface area (Å²) in [5, 5.41) is 3.17. The van der Waals surface area contributed by atoms with Crippen LogP contribution in [0.5, 0.6) is 5.75 Å². The van der Waals surface area contributed by atoms with E-state index >= 15 is 0 Å². The summed E-state index contributed by atoms with van der Waals surface area (Å²) >= 11 is 0. The minimum Gasteiger partial charge on any atom is -0.489 e. The quantitative estimate of drug-likeness (QED) is 0.781. The molecule has 1 aromatic carbocycles. The largest absolute Gasteiger partial charge is 0.489 e. The Kier molecular flexibility index (Phi) is 4.16. The third kappa shape index (κ3) is 3.60. The van der Waals surface area contributed by atoms with Gasteiger partial charge in [0, 0.05) is 18.7 Å². The molecule has 0 amide bonds. The molecule has 1 heterocycles. The molecular formula is C13H14FNO2. The highest BCUT2D eigenvalue weighted by atomic mass is 19.1. The first kappa shape index (κ1) is 11.7. The van der Waals surface area contributed by atoms with Crippen molar-refractivity contribution in [3.05, 3.63) is 54.2 Å². The maximum Gasteiger partial charge on any atom is 0.165 e. The fraction of sp³-hybridized carbons (Fsp3) is 0.231. The Bertz CT molecular complexity index is 442. The standard InChI is InChI=1S/C13H14FNO2/c14-12-3-1-2-4-13(12)17-8-6-15-9-11-5-7-16-10-11/h1-5,7,10,15H,6,8-9H2. The van der Waals surface area contributed by atoms with Gasteiger partial charge in [-0.05, 0) is 18.2 Å². The molecule has 1 aromatic heterocycles. The molecule has 3 nitrogen and oxygen atoms in total. The lowest BCUT2D eigenvalue weighted by Crippen LogP contribution is -2.20. The molecule has 0 fully saturated rings. The maximum absolute atomic E-state index is 13.2. The normalized spacial score (nSPS) is 10.4. The van der Waals surface area contributed by atoms with E-state index in [9.17, 15) is 4.39 Å². The highest BCUT2D eigenvalue weighted by Gasteiger charge is 2.00. The number of furan rings is 1. The summed E-state index contributed by atoms with van der Waals surface area (Å²) in [5.41, 5.74) is 1.08. The average molecular weight is 235 g/mol. The molecule has 4 heteroatoms. The van der Waals surface area contributed by atoms with E-state index in [1.54, 1.807) is 30.7 Å². The topological polar surface area (TPSA) is 34.4 Å². The first-order chi connectivity index (χ1) is 8.36. The molecule has 0 unspecified atom stereocenters. The minimum atomic E-state index is -0.331. The van der Waals surface area contributed by atoms with Crippen LogP contribution in [0.25, 0.3) is 0 Å². The van der Waals surface area contributed by atoms with Crippen LogP contribution < -0.4 is 10.1 Å². The van der Waals surface area contributed by atoms with Crippen molar-refractivity contribution in [3.63, 3.8) is 0 Å². The van der Waals surface area contributed by atoms with Crippen molar-refractivity contribution >= 4 is 0 Å². The van der Waals surface area contributed by atoms with E-state index in [1.165, 1.54) is 6.07 Å². The average Bonchev–Trinajstić information content (AvgIpc) is 2.84. The van der Waals surface area contributed by atoms with Gasteiger partial charge in [0.15, 0.2) is 11.6 Å². The Hall–Kier alpha value is -1.81. The van der Waals surface area contributed by atoms with E-state index in [0.717, 1.165) is 12.1 Å². The van der Waals surface area contributed by atoms with Crippen LogP contribution in [0.1, 0.15) is 5.56 Å². The second-order valence-corrected chi connectivity index (χ2v) is 3.59. The maximum atomic E-state index is 13.2. The molecule has 0 bridgehead atoms. The first-order valence-electron chi connectivity index (χ1n) is 5.45. The fourth-order valence-electron chi connectivity index (χ4n) is 1.42. The lowest BCUT2D eigenvalue weighted by Gasteiger charge is -2.07. The number of para-hydroxylation sites is 1. The lowest BCUT2D eigenvalue weighted by molar-refractivity contribution is 0.298. The molecule has 0 saturated heterocycles. The van der Waals surface area contributed by atoms with Gasteiger partial charge in [0.05, 0.1) is 12.5 Å². The zero-order valence-electron chi connectivity index (χ0n) is 9.36. The Balaban J connectivity index is 1.65. The van der Waals surface area contributed by atoms with E-state index in [1.807, 2.05) is 6.07 Å². The third-order valence-corrected chi connectivity index (χ3v) is 2.28.